The van der Waals surface area contributed by atoms with Gasteiger partial charge in [-0.25, -0.2) is 9.02 Å². The summed E-state index contributed by atoms with van der Waals surface area (Å²) in [6.07, 6.45) is -0.960. The van der Waals surface area contributed by atoms with Crippen LogP contribution in [0.4, 0.5) is 4.39 Å². The summed E-state index contributed by atoms with van der Waals surface area (Å²) in [5, 5.41) is 10.6. The van der Waals surface area contributed by atoms with Crippen molar-refractivity contribution in [1.82, 2.24) is 20.5 Å². The molecule has 154 valence electrons. The van der Waals surface area contributed by atoms with Crippen molar-refractivity contribution in [2.24, 2.45) is 0 Å². The number of ether oxygens (including phenoxy) is 1. The van der Waals surface area contributed by atoms with Gasteiger partial charge in [-0.3, -0.25) is 9.59 Å². The molecule has 8 nitrogen and oxygen atoms in total. The third-order valence-electron chi connectivity index (χ3n) is 4.99. The molecule has 2 amide bonds. The largest absolute Gasteiger partial charge is 0.356 e. The van der Waals surface area contributed by atoms with Gasteiger partial charge < -0.3 is 15.0 Å². The number of benzene rings is 2. The SMILES string of the molecule is CN1C(=O)COC(C(=O)NCc2nonc2-c2ccccc2)C1c1ccc(F)cc1. The monoisotopic (exact) mass is 410 g/mol. The molecule has 1 aromatic heterocycles. The molecule has 30 heavy (non-hydrogen) atoms. The third kappa shape index (κ3) is 3.92. The van der Waals surface area contributed by atoms with E-state index in [1.165, 1.54) is 29.2 Å². The van der Waals surface area contributed by atoms with E-state index in [1.807, 2.05) is 30.3 Å². The van der Waals surface area contributed by atoms with Gasteiger partial charge in [0, 0.05) is 12.6 Å². The highest BCUT2D eigenvalue weighted by molar-refractivity contribution is 5.86. The molecule has 1 N–H and O–H groups in total. The molecule has 2 atom stereocenters. The van der Waals surface area contributed by atoms with E-state index < -0.39 is 23.9 Å². The first-order valence-electron chi connectivity index (χ1n) is 9.32. The number of amides is 2. The minimum Gasteiger partial charge on any atom is -0.356 e. The maximum absolute atomic E-state index is 13.3. The Kier molecular flexibility index (Phi) is 5.53. The number of carbonyl (C=O) groups excluding carboxylic acids is 2. The lowest BCUT2D eigenvalue weighted by molar-refractivity contribution is -0.162. The molecule has 0 spiro atoms. The number of morpholine rings is 1. The van der Waals surface area contributed by atoms with Crippen LogP contribution in [-0.2, 0) is 20.9 Å². The maximum atomic E-state index is 13.3. The summed E-state index contributed by atoms with van der Waals surface area (Å²) in [6, 6.07) is 14.3. The summed E-state index contributed by atoms with van der Waals surface area (Å²) in [6.45, 7) is -0.146. The lowest BCUT2D eigenvalue weighted by atomic mass is 9.97. The molecule has 2 heterocycles. The van der Waals surface area contributed by atoms with Crippen molar-refractivity contribution in [2.75, 3.05) is 13.7 Å². The second kappa shape index (κ2) is 8.42. The van der Waals surface area contributed by atoms with Gasteiger partial charge in [0.1, 0.15) is 23.8 Å². The van der Waals surface area contributed by atoms with Gasteiger partial charge in [-0.2, -0.15) is 0 Å². The Labute approximate surface area is 171 Å². The second-order valence-corrected chi connectivity index (χ2v) is 6.88. The second-order valence-electron chi connectivity index (χ2n) is 6.88. The Morgan fingerprint density at radius 2 is 1.90 bits per heavy atom. The van der Waals surface area contributed by atoms with Crippen molar-refractivity contribution in [3.63, 3.8) is 0 Å². The zero-order valence-electron chi connectivity index (χ0n) is 16.1. The molecule has 1 fully saturated rings. The summed E-state index contributed by atoms with van der Waals surface area (Å²) < 4.78 is 23.7. The zero-order valence-corrected chi connectivity index (χ0v) is 16.1. The Hall–Kier alpha value is -3.59. The molecule has 1 aliphatic rings. The number of nitrogens with zero attached hydrogens (tertiary/aromatic N) is 3. The van der Waals surface area contributed by atoms with Gasteiger partial charge in [0.25, 0.3) is 5.91 Å². The number of nitrogens with one attached hydrogen (secondary N) is 1. The quantitative estimate of drug-likeness (QED) is 0.692. The van der Waals surface area contributed by atoms with Crippen molar-refractivity contribution in [3.8, 4) is 11.3 Å². The van der Waals surface area contributed by atoms with E-state index in [-0.39, 0.29) is 19.1 Å². The van der Waals surface area contributed by atoms with Crippen LogP contribution in [-0.4, -0.2) is 46.8 Å². The number of hydrogen-bond donors (Lipinski definition) is 1. The summed E-state index contributed by atoms with van der Waals surface area (Å²) in [4.78, 5) is 26.5. The first kappa shape index (κ1) is 19.7. The molecular weight excluding hydrogens is 391 g/mol. The molecule has 0 saturated carbocycles. The molecule has 4 rings (SSSR count). The van der Waals surface area contributed by atoms with E-state index in [2.05, 4.69) is 15.6 Å². The predicted molar refractivity (Wildman–Crippen MR) is 103 cm³/mol. The molecule has 0 bridgehead atoms. The molecule has 2 aromatic carbocycles. The smallest absolute Gasteiger partial charge is 0.252 e. The lowest BCUT2D eigenvalue weighted by Gasteiger charge is -2.38. The fourth-order valence-electron chi connectivity index (χ4n) is 3.40. The highest BCUT2D eigenvalue weighted by Crippen LogP contribution is 2.29. The number of halogens is 1. The number of carbonyl (C=O) groups is 2. The van der Waals surface area contributed by atoms with E-state index >= 15 is 0 Å². The minimum absolute atomic E-state index is 0.0697. The minimum atomic E-state index is -0.960. The first-order chi connectivity index (χ1) is 14.5. The Bertz CT molecular complexity index is 1040. The zero-order chi connectivity index (χ0) is 21.1. The number of rotatable bonds is 5. The highest BCUT2D eigenvalue weighted by Gasteiger charge is 2.40. The van der Waals surface area contributed by atoms with Crippen molar-refractivity contribution >= 4 is 11.8 Å². The van der Waals surface area contributed by atoms with Gasteiger partial charge in [0.05, 0.1) is 12.6 Å². The summed E-state index contributed by atoms with van der Waals surface area (Å²) in [5.41, 5.74) is 2.41. The first-order valence-corrected chi connectivity index (χ1v) is 9.32. The average Bonchev–Trinajstić information content (AvgIpc) is 3.24. The van der Waals surface area contributed by atoms with E-state index in [4.69, 9.17) is 9.37 Å². The van der Waals surface area contributed by atoms with Crippen LogP contribution in [0, 0.1) is 5.82 Å². The van der Waals surface area contributed by atoms with Crippen LogP contribution in [0.2, 0.25) is 0 Å². The standard InChI is InChI=1S/C21H19FN4O4/c1-26-17(27)12-29-20(19(26)14-7-9-15(22)10-8-14)21(28)23-11-16-18(25-30-24-16)13-5-3-2-4-6-13/h2-10,19-20H,11-12H2,1H3,(H,23,28). The summed E-state index contributed by atoms with van der Waals surface area (Å²) >= 11 is 0. The van der Waals surface area contributed by atoms with Crippen molar-refractivity contribution in [3.05, 3.63) is 71.7 Å². The van der Waals surface area contributed by atoms with Crippen LogP contribution in [0.15, 0.2) is 59.2 Å². The van der Waals surface area contributed by atoms with E-state index in [0.29, 0.717) is 17.0 Å². The average molecular weight is 410 g/mol. The van der Waals surface area contributed by atoms with Crippen LogP contribution in [0.5, 0.6) is 0 Å². The molecule has 3 aromatic rings. The Morgan fingerprint density at radius 3 is 2.63 bits per heavy atom. The third-order valence-corrected chi connectivity index (χ3v) is 4.99. The van der Waals surface area contributed by atoms with E-state index in [9.17, 15) is 14.0 Å². The van der Waals surface area contributed by atoms with E-state index in [1.54, 1.807) is 7.05 Å². The van der Waals surface area contributed by atoms with Crippen LogP contribution in [0.25, 0.3) is 11.3 Å². The highest BCUT2D eigenvalue weighted by atomic mass is 19.1. The molecule has 0 aliphatic carbocycles. The van der Waals surface area contributed by atoms with Gasteiger partial charge in [-0.05, 0) is 22.9 Å². The van der Waals surface area contributed by atoms with Gasteiger partial charge >= 0.3 is 0 Å². The number of likely N-dealkylation sites (N-methyl/N-ethyl adjacent to an activating group) is 1. The molecule has 2 unspecified atom stereocenters. The predicted octanol–water partition coefficient (Wildman–Crippen LogP) is 2.09. The molecule has 1 saturated heterocycles. The van der Waals surface area contributed by atoms with Gasteiger partial charge in [0.2, 0.25) is 5.91 Å². The van der Waals surface area contributed by atoms with Gasteiger partial charge in [-0.15, -0.1) is 0 Å². The van der Waals surface area contributed by atoms with Crippen molar-refractivity contribution < 1.29 is 23.3 Å². The number of hydrogen-bond acceptors (Lipinski definition) is 6. The normalized spacial score (nSPS) is 19.0. The van der Waals surface area contributed by atoms with Gasteiger partial charge in [-0.1, -0.05) is 47.6 Å². The Morgan fingerprint density at radius 1 is 1.17 bits per heavy atom. The Balaban J connectivity index is 1.52. The van der Waals surface area contributed by atoms with E-state index in [0.717, 1.165) is 5.56 Å². The van der Waals surface area contributed by atoms with Crippen LogP contribution >= 0.6 is 0 Å². The number of aromatic nitrogens is 2. The molecule has 9 heteroatoms. The van der Waals surface area contributed by atoms with Crippen LogP contribution in [0.1, 0.15) is 17.3 Å². The molecule has 0 radical (unpaired) electrons. The van der Waals surface area contributed by atoms with Crippen molar-refractivity contribution in [2.45, 2.75) is 18.7 Å². The fourth-order valence-corrected chi connectivity index (χ4v) is 3.40. The van der Waals surface area contributed by atoms with Gasteiger partial charge in [0.15, 0.2) is 6.10 Å². The lowest BCUT2D eigenvalue weighted by Crippen LogP contribution is -2.52. The summed E-state index contributed by atoms with van der Waals surface area (Å²) in [7, 11) is 1.59. The fraction of sp³-hybridized carbons (Fsp3) is 0.238. The topological polar surface area (TPSA) is 97.6 Å². The molecular formula is C21H19FN4O4. The maximum Gasteiger partial charge on any atom is 0.252 e. The van der Waals surface area contributed by atoms with Crippen molar-refractivity contribution in [1.29, 1.82) is 0 Å². The van der Waals surface area contributed by atoms with Crippen LogP contribution in [0.3, 0.4) is 0 Å². The summed E-state index contributed by atoms with van der Waals surface area (Å²) in [5.74, 6) is -1.09. The van der Waals surface area contributed by atoms with Crippen LogP contribution < -0.4 is 5.32 Å². The molecule has 1 aliphatic heterocycles.